The van der Waals surface area contributed by atoms with Crippen LogP contribution in [-0.4, -0.2) is 35.4 Å². The Bertz CT molecular complexity index is 1370. The molecule has 41 heavy (non-hydrogen) atoms. The molecule has 1 N–H and O–H groups in total. The highest BCUT2D eigenvalue weighted by molar-refractivity contribution is 5.77. The maximum atomic E-state index is 13.5. The Morgan fingerprint density at radius 3 is 2.12 bits per heavy atom. The van der Waals surface area contributed by atoms with E-state index in [2.05, 4.69) is 27.4 Å². The van der Waals surface area contributed by atoms with Gasteiger partial charge in [-0.25, -0.2) is 8.78 Å². The van der Waals surface area contributed by atoms with Gasteiger partial charge in [0, 0.05) is 19.2 Å². The quantitative estimate of drug-likeness (QED) is 0.226. The summed E-state index contributed by atoms with van der Waals surface area (Å²) in [4.78, 5) is 19.5. The van der Waals surface area contributed by atoms with Crippen molar-refractivity contribution < 1.29 is 18.3 Å². The highest BCUT2D eigenvalue weighted by Crippen LogP contribution is 2.26. The summed E-state index contributed by atoms with van der Waals surface area (Å²) in [6, 6.07) is 23.3. The van der Waals surface area contributed by atoms with Gasteiger partial charge in [-0.05, 0) is 97.1 Å². The van der Waals surface area contributed by atoms with Crippen LogP contribution in [-0.2, 0) is 4.79 Å². The third kappa shape index (κ3) is 8.32. The number of hydrogen-bond donors (Lipinski definition) is 1. The van der Waals surface area contributed by atoms with E-state index < -0.39 is 6.04 Å². The van der Waals surface area contributed by atoms with Gasteiger partial charge in [-0.1, -0.05) is 48.6 Å². The van der Waals surface area contributed by atoms with Crippen molar-refractivity contribution >= 4 is 12.0 Å². The van der Waals surface area contributed by atoms with Crippen molar-refractivity contribution in [2.45, 2.75) is 25.3 Å². The molecule has 1 aliphatic rings. The molecule has 1 fully saturated rings. The third-order valence-corrected chi connectivity index (χ3v) is 7.32. The summed E-state index contributed by atoms with van der Waals surface area (Å²) in [5.41, 5.74) is 2.61. The summed E-state index contributed by atoms with van der Waals surface area (Å²) in [6.45, 7) is 2.71. The Kier molecular flexibility index (Phi) is 9.49. The van der Waals surface area contributed by atoms with Gasteiger partial charge < -0.3 is 10.1 Å². The number of carbonyl (C=O) groups excluding carboxylic acids is 1. The molecular formula is C34H33F2N3O2. The van der Waals surface area contributed by atoms with Gasteiger partial charge in [-0.15, -0.1) is 0 Å². The fourth-order valence-corrected chi connectivity index (χ4v) is 5.05. The molecule has 0 bridgehead atoms. The lowest BCUT2D eigenvalue weighted by atomic mass is 9.92. The summed E-state index contributed by atoms with van der Waals surface area (Å²) in [5.74, 6) is 1.02. The molecule has 210 valence electrons. The van der Waals surface area contributed by atoms with Gasteiger partial charge in [0.2, 0.25) is 5.91 Å². The molecule has 0 radical (unpaired) electrons. The van der Waals surface area contributed by atoms with Crippen molar-refractivity contribution in [2.24, 2.45) is 5.92 Å². The number of benzene rings is 3. The van der Waals surface area contributed by atoms with Crippen molar-refractivity contribution in [1.82, 2.24) is 15.2 Å². The number of hydrogen-bond acceptors (Lipinski definition) is 4. The zero-order chi connectivity index (χ0) is 28.4. The van der Waals surface area contributed by atoms with Crippen molar-refractivity contribution in [3.63, 3.8) is 0 Å². The Morgan fingerprint density at radius 2 is 1.54 bits per heavy atom. The number of nitrogens with one attached hydrogen (secondary N) is 1. The maximum Gasteiger partial charge on any atom is 0.221 e. The second kappa shape index (κ2) is 13.8. The predicted octanol–water partition coefficient (Wildman–Crippen LogP) is 7.17. The first-order chi connectivity index (χ1) is 20.0. The van der Waals surface area contributed by atoms with Gasteiger partial charge in [0.05, 0.1) is 12.2 Å². The number of carbonyl (C=O) groups is 1. The van der Waals surface area contributed by atoms with E-state index in [9.17, 15) is 13.6 Å². The van der Waals surface area contributed by atoms with E-state index in [1.54, 1.807) is 36.7 Å². The minimum absolute atomic E-state index is 0.0575. The number of amides is 1. The average molecular weight is 554 g/mol. The van der Waals surface area contributed by atoms with E-state index in [1.165, 1.54) is 24.3 Å². The fraction of sp³-hybridized carbons (Fsp3) is 0.235. The van der Waals surface area contributed by atoms with E-state index in [-0.39, 0.29) is 17.5 Å². The predicted molar refractivity (Wildman–Crippen MR) is 156 cm³/mol. The van der Waals surface area contributed by atoms with Crippen LogP contribution in [0, 0.1) is 17.6 Å². The van der Waals surface area contributed by atoms with Crippen LogP contribution in [0.1, 0.15) is 42.0 Å². The summed E-state index contributed by atoms with van der Waals surface area (Å²) in [6.07, 6.45) is 9.99. The molecule has 2 heterocycles. The van der Waals surface area contributed by atoms with Gasteiger partial charge >= 0.3 is 0 Å². The molecule has 1 saturated heterocycles. The second-order valence-corrected chi connectivity index (χ2v) is 10.3. The molecule has 1 aliphatic heterocycles. The number of halogens is 2. The number of piperidine rings is 1. The van der Waals surface area contributed by atoms with Crippen LogP contribution in [0.3, 0.4) is 0 Å². The van der Waals surface area contributed by atoms with Crippen molar-refractivity contribution in [2.75, 3.05) is 19.6 Å². The monoisotopic (exact) mass is 553 g/mol. The Labute approximate surface area is 239 Å². The molecule has 3 aromatic carbocycles. The lowest BCUT2D eigenvalue weighted by Gasteiger charge is -2.31. The molecule has 0 unspecified atom stereocenters. The smallest absolute Gasteiger partial charge is 0.221 e. The molecule has 7 heteroatoms. The summed E-state index contributed by atoms with van der Waals surface area (Å²) in [5, 5.41) is 3.10. The number of pyridine rings is 1. The third-order valence-electron chi connectivity index (χ3n) is 7.32. The van der Waals surface area contributed by atoms with Crippen molar-refractivity contribution in [1.29, 1.82) is 0 Å². The van der Waals surface area contributed by atoms with E-state index in [4.69, 9.17) is 4.74 Å². The molecule has 0 atom stereocenters. The van der Waals surface area contributed by atoms with Crippen LogP contribution in [0.15, 0.2) is 103 Å². The van der Waals surface area contributed by atoms with Gasteiger partial charge in [-0.3, -0.25) is 14.7 Å². The average Bonchev–Trinajstić information content (AvgIpc) is 2.99. The van der Waals surface area contributed by atoms with E-state index in [1.807, 2.05) is 36.4 Å². The number of nitrogens with zero attached hydrogens (tertiary/aromatic N) is 2. The Balaban J connectivity index is 1.08. The van der Waals surface area contributed by atoms with E-state index >= 15 is 0 Å². The first-order valence-electron chi connectivity index (χ1n) is 13.9. The topological polar surface area (TPSA) is 54.5 Å². The zero-order valence-corrected chi connectivity index (χ0v) is 22.8. The van der Waals surface area contributed by atoms with Gasteiger partial charge in [0.25, 0.3) is 0 Å². The molecular weight excluding hydrogens is 520 g/mol. The molecule has 5 nitrogen and oxygen atoms in total. The standard InChI is InChI=1S/C34H33F2N3O2/c35-29-11-7-27(8-12-29)34(28-9-13-30(36)14-10-28)38-33(40)23-26-17-21-39(22-18-26)20-2-3-25-5-15-31(16-6-25)41-32-4-1-19-37-24-32/h1-16,19,24,26,34H,17-18,20-23H2,(H,38,40)/b3-2+. The molecule has 0 spiro atoms. The van der Waals surface area contributed by atoms with Crippen LogP contribution in [0.5, 0.6) is 11.5 Å². The van der Waals surface area contributed by atoms with Crippen LogP contribution >= 0.6 is 0 Å². The first kappa shape index (κ1) is 28.2. The van der Waals surface area contributed by atoms with Gasteiger partial charge in [-0.2, -0.15) is 0 Å². The molecule has 5 rings (SSSR count). The molecule has 1 aromatic heterocycles. The van der Waals surface area contributed by atoms with E-state index in [0.717, 1.165) is 54.9 Å². The lowest BCUT2D eigenvalue weighted by Crippen LogP contribution is -2.36. The minimum atomic E-state index is -0.468. The van der Waals surface area contributed by atoms with Gasteiger partial charge in [0.15, 0.2) is 0 Å². The van der Waals surface area contributed by atoms with Crippen molar-refractivity contribution in [3.05, 3.63) is 132 Å². The summed E-state index contributed by atoms with van der Waals surface area (Å²) < 4.78 is 32.8. The molecule has 0 aliphatic carbocycles. The van der Waals surface area contributed by atoms with Crippen LogP contribution in [0.4, 0.5) is 8.78 Å². The number of ether oxygens (including phenoxy) is 1. The largest absolute Gasteiger partial charge is 0.456 e. The number of aromatic nitrogens is 1. The van der Waals surface area contributed by atoms with Crippen LogP contribution in [0.2, 0.25) is 0 Å². The summed E-state index contributed by atoms with van der Waals surface area (Å²) in [7, 11) is 0. The number of likely N-dealkylation sites (tertiary alicyclic amines) is 1. The number of rotatable bonds is 10. The highest BCUT2D eigenvalue weighted by atomic mass is 19.1. The second-order valence-electron chi connectivity index (χ2n) is 10.3. The zero-order valence-electron chi connectivity index (χ0n) is 22.8. The normalized spacial score (nSPS) is 14.4. The summed E-state index contributed by atoms with van der Waals surface area (Å²) >= 11 is 0. The highest BCUT2D eigenvalue weighted by Gasteiger charge is 2.23. The molecule has 1 amide bonds. The maximum absolute atomic E-state index is 13.5. The SMILES string of the molecule is O=C(CC1CCN(C/C=C/c2ccc(Oc3cccnc3)cc2)CC1)NC(c1ccc(F)cc1)c1ccc(F)cc1. The Hall–Kier alpha value is -4.36. The minimum Gasteiger partial charge on any atom is -0.456 e. The first-order valence-corrected chi connectivity index (χ1v) is 13.9. The fourth-order valence-electron chi connectivity index (χ4n) is 5.05. The van der Waals surface area contributed by atoms with Crippen LogP contribution in [0.25, 0.3) is 6.08 Å². The Morgan fingerprint density at radius 1 is 0.902 bits per heavy atom. The van der Waals surface area contributed by atoms with Crippen LogP contribution < -0.4 is 10.1 Å². The van der Waals surface area contributed by atoms with E-state index in [0.29, 0.717) is 18.1 Å². The molecule has 4 aromatic rings. The lowest BCUT2D eigenvalue weighted by molar-refractivity contribution is -0.122. The van der Waals surface area contributed by atoms with Gasteiger partial charge in [0.1, 0.15) is 23.1 Å². The van der Waals surface area contributed by atoms with Crippen molar-refractivity contribution in [3.8, 4) is 11.5 Å². The molecule has 0 saturated carbocycles.